The summed E-state index contributed by atoms with van der Waals surface area (Å²) in [5, 5.41) is 16.2. The first-order valence-corrected chi connectivity index (χ1v) is 6.42. The van der Waals surface area contributed by atoms with Gasteiger partial charge in [0.1, 0.15) is 0 Å². The standard InChI is InChI=1S/C12H25N3O2/c1-15(2)11(16)14-9-8-13-10-12(17)6-4-3-5-7-12/h13,17H,3-10H2,1-2H3,(H,14,16). The van der Waals surface area contributed by atoms with Gasteiger partial charge < -0.3 is 20.6 Å². The lowest BCUT2D eigenvalue weighted by Gasteiger charge is -2.32. The van der Waals surface area contributed by atoms with Gasteiger partial charge in [0.25, 0.3) is 0 Å². The molecule has 0 saturated heterocycles. The first kappa shape index (κ1) is 14.3. The van der Waals surface area contributed by atoms with Crippen molar-refractivity contribution in [2.24, 2.45) is 0 Å². The molecule has 1 fully saturated rings. The summed E-state index contributed by atoms with van der Waals surface area (Å²) in [7, 11) is 3.43. The minimum Gasteiger partial charge on any atom is -0.389 e. The SMILES string of the molecule is CN(C)C(=O)NCCNCC1(O)CCCCC1. The van der Waals surface area contributed by atoms with E-state index < -0.39 is 5.60 Å². The third-order valence-electron chi connectivity index (χ3n) is 3.22. The van der Waals surface area contributed by atoms with Crippen molar-refractivity contribution in [2.75, 3.05) is 33.7 Å². The van der Waals surface area contributed by atoms with Crippen LogP contribution in [0.4, 0.5) is 4.79 Å². The Hall–Kier alpha value is -0.810. The second kappa shape index (κ2) is 6.81. The topological polar surface area (TPSA) is 64.6 Å². The second-order valence-electron chi connectivity index (χ2n) is 5.09. The second-order valence-corrected chi connectivity index (χ2v) is 5.09. The molecule has 0 aliphatic heterocycles. The Kier molecular flexibility index (Phi) is 5.71. The highest BCUT2D eigenvalue weighted by atomic mass is 16.3. The fourth-order valence-electron chi connectivity index (χ4n) is 2.12. The van der Waals surface area contributed by atoms with Crippen molar-refractivity contribution >= 4 is 6.03 Å². The first-order valence-electron chi connectivity index (χ1n) is 6.42. The zero-order valence-electron chi connectivity index (χ0n) is 11.0. The Morgan fingerprint density at radius 2 is 1.88 bits per heavy atom. The molecule has 0 aromatic carbocycles. The van der Waals surface area contributed by atoms with Gasteiger partial charge in [-0.25, -0.2) is 4.79 Å². The van der Waals surface area contributed by atoms with E-state index in [-0.39, 0.29) is 6.03 Å². The molecular formula is C12H25N3O2. The van der Waals surface area contributed by atoms with E-state index in [1.54, 1.807) is 14.1 Å². The van der Waals surface area contributed by atoms with Gasteiger partial charge in [0.15, 0.2) is 0 Å². The predicted molar refractivity (Wildman–Crippen MR) is 68.0 cm³/mol. The molecule has 0 unspecified atom stereocenters. The third-order valence-corrected chi connectivity index (χ3v) is 3.22. The highest BCUT2D eigenvalue weighted by molar-refractivity contribution is 5.73. The van der Waals surface area contributed by atoms with Gasteiger partial charge in [-0.3, -0.25) is 0 Å². The molecule has 100 valence electrons. The lowest BCUT2D eigenvalue weighted by Crippen LogP contribution is -2.45. The first-order chi connectivity index (χ1) is 8.03. The molecule has 17 heavy (non-hydrogen) atoms. The van der Waals surface area contributed by atoms with Gasteiger partial charge in [0.05, 0.1) is 5.60 Å². The minimum absolute atomic E-state index is 0.0804. The monoisotopic (exact) mass is 243 g/mol. The molecule has 0 atom stereocenters. The van der Waals surface area contributed by atoms with Crippen molar-refractivity contribution in [3.8, 4) is 0 Å². The predicted octanol–water partition coefficient (Wildman–Crippen LogP) is 0.542. The van der Waals surface area contributed by atoms with Crippen LogP contribution in [0.5, 0.6) is 0 Å². The number of carbonyl (C=O) groups excluding carboxylic acids is 1. The van der Waals surface area contributed by atoms with Crippen LogP contribution in [0, 0.1) is 0 Å². The van der Waals surface area contributed by atoms with Gasteiger partial charge >= 0.3 is 6.03 Å². The van der Waals surface area contributed by atoms with E-state index in [0.717, 1.165) is 25.7 Å². The minimum atomic E-state index is -0.524. The highest BCUT2D eigenvalue weighted by Gasteiger charge is 2.28. The lowest BCUT2D eigenvalue weighted by molar-refractivity contribution is 0.00522. The van der Waals surface area contributed by atoms with E-state index in [9.17, 15) is 9.90 Å². The van der Waals surface area contributed by atoms with Gasteiger partial charge in [-0.15, -0.1) is 0 Å². The number of urea groups is 1. The fraction of sp³-hybridized carbons (Fsp3) is 0.917. The van der Waals surface area contributed by atoms with Crippen molar-refractivity contribution in [2.45, 2.75) is 37.7 Å². The number of nitrogens with one attached hydrogen (secondary N) is 2. The van der Waals surface area contributed by atoms with Crippen molar-refractivity contribution in [1.82, 2.24) is 15.5 Å². The maximum absolute atomic E-state index is 11.2. The Morgan fingerprint density at radius 3 is 2.47 bits per heavy atom. The molecule has 5 heteroatoms. The van der Waals surface area contributed by atoms with Crippen molar-refractivity contribution in [1.29, 1.82) is 0 Å². The van der Waals surface area contributed by atoms with Crippen molar-refractivity contribution < 1.29 is 9.90 Å². The number of carbonyl (C=O) groups is 1. The molecule has 1 aliphatic rings. The molecule has 0 aromatic heterocycles. The Morgan fingerprint density at radius 1 is 1.24 bits per heavy atom. The van der Waals surface area contributed by atoms with E-state index in [2.05, 4.69) is 10.6 Å². The summed E-state index contributed by atoms with van der Waals surface area (Å²) in [6.45, 7) is 1.92. The van der Waals surface area contributed by atoms with Crippen LogP contribution in [-0.2, 0) is 0 Å². The molecule has 0 spiro atoms. The van der Waals surface area contributed by atoms with E-state index in [1.165, 1.54) is 11.3 Å². The van der Waals surface area contributed by atoms with Gasteiger partial charge in [-0.1, -0.05) is 19.3 Å². The molecule has 2 amide bonds. The van der Waals surface area contributed by atoms with E-state index >= 15 is 0 Å². The van der Waals surface area contributed by atoms with Crippen LogP contribution < -0.4 is 10.6 Å². The summed E-state index contributed by atoms with van der Waals surface area (Å²) in [5.41, 5.74) is -0.524. The quantitative estimate of drug-likeness (QED) is 0.618. The average Bonchev–Trinajstić information content (AvgIpc) is 2.29. The average molecular weight is 243 g/mol. The van der Waals surface area contributed by atoms with Crippen LogP contribution in [0.15, 0.2) is 0 Å². The maximum atomic E-state index is 11.2. The summed E-state index contributed by atoms with van der Waals surface area (Å²) in [5.74, 6) is 0. The largest absolute Gasteiger partial charge is 0.389 e. The van der Waals surface area contributed by atoms with E-state index in [1.807, 2.05) is 0 Å². The van der Waals surface area contributed by atoms with Crippen molar-refractivity contribution in [3.05, 3.63) is 0 Å². The normalized spacial score (nSPS) is 18.8. The number of nitrogens with zero attached hydrogens (tertiary/aromatic N) is 1. The Labute approximate surface area is 104 Å². The molecule has 1 saturated carbocycles. The smallest absolute Gasteiger partial charge is 0.316 e. The van der Waals surface area contributed by atoms with E-state index in [4.69, 9.17) is 0 Å². The number of amides is 2. The summed E-state index contributed by atoms with van der Waals surface area (Å²) < 4.78 is 0. The van der Waals surface area contributed by atoms with Crippen molar-refractivity contribution in [3.63, 3.8) is 0 Å². The van der Waals surface area contributed by atoms with Crippen LogP contribution in [0.25, 0.3) is 0 Å². The molecule has 0 bridgehead atoms. The van der Waals surface area contributed by atoms with Crippen LogP contribution in [0.2, 0.25) is 0 Å². The Bertz CT molecular complexity index is 238. The lowest BCUT2D eigenvalue weighted by atomic mass is 9.85. The molecule has 5 nitrogen and oxygen atoms in total. The zero-order valence-corrected chi connectivity index (χ0v) is 11.0. The molecule has 3 N–H and O–H groups in total. The van der Waals surface area contributed by atoms with Crippen LogP contribution in [0.1, 0.15) is 32.1 Å². The zero-order chi connectivity index (χ0) is 12.7. The summed E-state index contributed by atoms with van der Waals surface area (Å²) in [4.78, 5) is 12.7. The summed E-state index contributed by atoms with van der Waals surface area (Å²) >= 11 is 0. The summed E-state index contributed by atoms with van der Waals surface area (Å²) in [6.07, 6.45) is 5.26. The van der Waals surface area contributed by atoms with Crippen LogP contribution in [-0.4, -0.2) is 55.4 Å². The van der Waals surface area contributed by atoms with E-state index in [0.29, 0.717) is 19.6 Å². The van der Waals surface area contributed by atoms with Crippen LogP contribution in [0.3, 0.4) is 0 Å². The fourth-order valence-corrected chi connectivity index (χ4v) is 2.12. The van der Waals surface area contributed by atoms with Gasteiger partial charge in [-0.05, 0) is 12.8 Å². The third kappa shape index (κ3) is 5.37. The Balaban J connectivity index is 2.05. The molecular weight excluding hydrogens is 218 g/mol. The van der Waals surface area contributed by atoms with Gasteiger partial charge in [0.2, 0.25) is 0 Å². The highest BCUT2D eigenvalue weighted by Crippen LogP contribution is 2.26. The molecule has 0 heterocycles. The number of aliphatic hydroxyl groups is 1. The number of rotatable bonds is 5. The molecule has 1 rings (SSSR count). The molecule has 0 aromatic rings. The molecule has 0 radical (unpaired) electrons. The van der Waals surface area contributed by atoms with Gasteiger partial charge in [-0.2, -0.15) is 0 Å². The number of hydrogen-bond donors (Lipinski definition) is 3. The van der Waals surface area contributed by atoms with Crippen LogP contribution >= 0.6 is 0 Å². The maximum Gasteiger partial charge on any atom is 0.316 e. The van der Waals surface area contributed by atoms with Gasteiger partial charge in [0, 0.05) is 33.7 Å². The number of hydrogen-bond acceptors (Lipinski definition) is 3. The molecule has 1 aliphatic carbocycles. The summed E-state index contributed by atoms with van der Waals surface area (Å²) in [6, 6.07) is -0.0804.